The fourth-order valence-corrected chi connectivity index (χ4v) is 2.00. The number of nitrogens with one attached hydrogen (secondary N) is 1. The van der Waals surface area contributed by atoms with Crippen LogP contribution in [0.3, 0.4) is 0 Å². The number of aromatic nitrogens is 1. The van der Waals surface area contributed by atoms with Crippen LogP contribution in [-0.2, 0) is 0 Å². The smallest absolute Gasteiger partial charge is 0.194 e. The summed E-state index contributed by atoms with van der Waals surface area (Å²) in [5.74, 6) is -3.85. The first-order valence-electron chi connectivity index (χ1n) is 5.76. The van der Waals surface area contributed by atoms with Gasteiger partial charge in [0.15, 0.2) is 17.5 Å². The monoisotopic (exact) mass is 266 g/mol. The van der Waals surface area contributed by atoms with Crippen molar-refractivity contribution in [3.8, 4) is 0 Å². The summed E-state index contributed by atoms with van der Waals surface area (Å²) < 4.78 is 39.5. The van der Waals surface area contributed by atoms with Gasteiger partial charge in [-0.2, -0.15) is 0 Å². The lowest BCUT2D eigenvalue weighted by Crippen LogP contribution is -2.18. The zero-order chi connectivity index (χ0) is 14.0. The Bertz CT molecular complexity index is 576. The van der Waals surface area contributed by atoms with E-state index in [1.165, 1.54) is 0 Å². The molecule has 1 N–H and O–H groups in total. The van der Waals surface area contributed by atoms with Crippen LogP contribution in [0.25, 0.3) is 0 Å². The van der Waals surface area contributed by atoms with Gasteiger partial charge in [0.1, 0.15) is 0 Å². The second kappa shape index (κ2) is 5.40. The summed E-state index contributed by atoms with van der Waals surface area (Å²) in [5, 5.41) is 2.94. The molecule has 1 unspecified atom stereocenters. The fraction of sp³-hybridized carbons (Fsp3) is 0.214. The Hall–Kier alpha value is -1.88. The van der Waals surface area contributed by atoms with E-state index in [9.17, 15) is 13.2 Å². The van der Waals surface area contributed by atoms with E-state index in [4.69, 9.17) is 0 Å². The van der Waals surface area contributed by atoms with E-state index in [2.05, 4.69) is 10.3 Å². The van der Waals surface area contributed by atoms with E-state index >= 15 is 0 Å². The Kier molecular flexibility index (Phi) is 3.85. The van der Waals surface area contributed by atoms with Gasteiger partial charge in [0.05, 0.1) is 6.04 Å². The van der Waals surface area contributed by atoms with Gasteiger partial charge in [0.2, 0.25) is 0 Å². The second-order valence-corrected chi connectivity index (χ2v) is 4.32. The molecule has 1 aromatic carbocycles. The highest BCUT2D eigenvalue weighted by Gasteiger charge is 2.18. The molecular weight excluding hydrogens is 253 g/mol. The van der Waals surface area contributed by atoms with Gasteiger partial charge in [-0.1, -0.05) is 6.07 Å². The number of hydrogen-bond donors (Lipinski definition) is 1. The molecule has 1 aromatic heterocycles. The van der Waals surface area contributed by atoms with Gasteiger partial charge in [-0.15, -0.1) is 0 Å². The van der Waals surface area contributed by atoms with Crippen molar-refractivity contribution < 1.29 is 13.2 Å². The maximum atomic E-state index is 13.3. The minimum Gasteiger partial charge on any atom is -0.309 e. The van der Waals surface area contributed by atoms with E-state index in [-0.39, 0.29) is 0 Å². The standard InChI is InChI=1S/C14H13F3N2/c1-8-3-10(7-19-6-8)14(18-2)9-4-11(15)13(17)12(16)5-9/h3-7,14,18H,1-2H3. The lowest BCUT2D eigenvalue weighted by atomic mass is 9.99. The van der Waals surface area contributed by atoms with Crippen LogP contribution in [0.1, 0.15) is 22.7 Å². The minimum atomic E-state index is -1.46. The highest BCUT2D eigenvalue weighted by molar-refractivity contribution is 5.32. The molecule has 19 heavy (non-hydrogen) atoms. The molecule has 0 spiro atoms. The highest BCUT2D eigenvalue weighted by atomic mass is 19.2. The third kappa shape index (κ3) is 2.76. The zero-order valence-electron chi connectivity index (χ0n) is 10.5. The van der Waals surface area contributed by atoms with Gasteiger partial charge in [0, 0.05) is 12.4 Å². The third-order valence-electron chi connectivity index (χ3n) is 2.86. The summed E-state index contributed by atoms with van der Waals surface area (Å²) in [7, 11) is 1.66. The summed E-state index contributed by atoms with van der Waals surface area (Å²) in [5.41, 5.74) is 2.00. The first-order chi connectivity index (χ1) is 9.02. The van der Waals surface area contributed by atoms with Crippen LogP contribution >= 0.6 is 0 Å². The van der Waals surface area contributed by atoms with Gasteiger partial charge in [-0.05, 0) is 42.8 Å². The maximum absolute atomic E-state index is 13.3. The number of benzene rings is 1. The fourth-order valence-electron chi connectivity index (χ4n) is 2.00. The molecule has 100 valence electrons. The minimum absolute atomic E-state index is 0.311. The predicted octanol–water partition coefficient (Wildman–Crippen LogP) is 3.12. The van der Waals surface area contributed by atoms with Crippen LogP contribution in [0.2, 0.25) is 0 Å². The van der Waals surface area contributed by atoms with Gasteiger partial charge in [0.25, 0.3) is 0 Å². The van der Waals surface area contributed by atoms with Crippen LogP contribution in [-0.4, -0.2) is 12.0 Å². The van der Waals surface area contributed by atoms with Gasteiger partial charge in [-0.3, -0.25) is 4.98 Å². The Morgan fingerprint density at radius 1 is 1.00 bits per heavy atom. The molecule has 0 aliphatic rings. The van der Waals surface area contributed by atoms with E-state index < -0.39 is 23.5 Å². The van der Waals surface area contributed by atoms with Gasteiger partial charge in [-0.25, -0.2) is 13.2 Å². The molecule has 0 aliphatic heterocycles. The van der Waals surface area contributed by atoms with E-state index in [1.54, 1.807) is 19.4 Å². The molecule has 0 aliphatic carbocycles. The highest BCUT2D eigenvalue weighted by Crippen LogP contribution is 2.24. The van der Waals surface area contributed by atoms with Crippen LogP contribution in [0.4, 0.5) is 13.2 Å². The molecule has 1 heterocycles. The molecule has 0 saturated carbocycles. The molecule has 5 heteroatoms. The molecule has 0 bridgehead atoms. The Morgan fingerprint density at radius 3 is 2.16 bits per heavy atom. The Labute approximate surface area is 109 Å². The van der Waals surface area contributed by atoms with Crippen LogP contribution in [0.15, 0.2) is 30.6 Å². The second-order valence-electron chi connectivity index (χ2n) is 4.32. The quantitative estimate of drug-likeness (QED) is 0.863. The van der Waals surface area contributed by atoms with Crippen molar-refractivity contribution in [2.75, 3.05) is 7.05 Å². The molecule has 0 saturated heterocycles. The molecule has 0 fully saturated rings. The number of rotatable bonds is 3. The average molecular weight is 266 g/mol. The lowest BCUT2D eigenvalue weighted by molar-refractivity contribution is 0.443. The number of nitrogens with zero attached hydrogens (tertiary/aromatic N) is 1. The zero-order valence-corrected chi connectivity index (χ0v) is 10.5. The normalized spacial score (nSPS) is 12.5. The molecule has 0 amide bonds. The van der Waals surface area contributed by atoms with Crippen molar-refractivity contribution in [1.29, 1.82) is 0 Å². The Morgan fingerprint density at radius 2 is 1.63 bits per heavy atom. The summed E-state index contributed by atoms with van der Waals surface area (Å²) in [4.78, 5) is 4.04. The summed E-state index contributed by atoms with van der Waals surface area (Å²) in [6.45, 7) is 1.87. The first kappa shape index (κ1) is 13.5. The van der Waals surface area contributed by atoms with E-state index in [1.807, 2.05) is 13.0 Å². The third-order valence-corrected chi connectivity index (χ3v) is 2.86. The largest absolute Gasteiger partial charge is 0.309 e. The van der Waals surface area contributed by atoms with Crippen molar-refractivity contribution >= 4 is 0 Å². The van der Waals surface area contributed by atoms with Crippen molar-refractivity contribution in [2.45, 2.75) is 13.0 Å². The average Bonchev–Trinajstić information content (AvgIpc) is 2.37. The number of pyridine rings is 1. The summed E-state index contributed by atoms with van der Waals surface area (Å²) in [6.07, 6.45) is 3.29. The van der Waals surface area contributed by atoms with E-state index in [0.717, 1.165) is 23.3 Å². The SMILES string of the molecule is CNC(c1cncc(C)c1)c1cc(F)c(F)c(F)c1. The molecule has 2 nitrogen and oxygen atoms in total. The maximum Gasteiger partial charge on any atom is 0.194 e. The molecular formula is C14H13F3N2. The predicted molar refractivity (Wildman–Crippen MR) is 66.2 cm³/mol. The van der Waals surface area contributed by atoms with Gasteiger partial charge < -0.3 is 5.32 Å². The van der Waals surface area contributed by atoms with Crippen molar-refractivity contribution in [3.05, 3.63) is 64.7 Å². The summed E-state index contributed by atoms with van der Waals surface area (Å²) >= 11 is 0. The molecule has 2 aromatic rings. The van der Waals surface area contributed by atoms with Crippen LogP contribution < -0.4 is 5.32 Å². The topological polar surface area (TPSA) is 24.9 Å². The van der Waals surface area contributed by atoms with Crippen molar-refractivity contribution in [1.82, 2.24) is 10.3 Å². The van der Waals surface area contributed by atoms with Crippen molar-refractivity contribution in [3.63, 3.8) is 0 Å². The Balaban J connectivity index is 2.48. The molecule has 1 atom stereocenters. The molecule has 0 radical (unpaired) electrons. The van der Waals surface area contributed by atoms with Gasteiger partial charge >= 0.3 is 0 Å². The first-order valence-corrected chi connectivity index (χ1v) is 5.76. The number of hydrogen-bond acceptors (Lipinski definition) is 2. The lowest BCUT2D eigenvalue weighted by Gasteiger charge is -2.17. The molecule has 2 rings (SSSR count). The summed E-state index contributed by atoms with van der Waals surface area (Å²) in [6, 6.07) is 3.38. The van der Waals surface area contributed by atoms with Crippen LogP contribution in [0, 0.1) is 24.4 Å². The van der Waals surface area contributed by atoms with E-state index in [0.29, 0.717) is 5.56 Å². The number of aryl methyl sites for hydroxylation is 1. The van der Waals surface area contributed by atoms with Crippen LogP contribution in [0.5, 0.6) is 0 Å². The van der Waals surface area contributed by atoms with Crippen molar-refractivity contribution in [2.24, 2.45) is 0 Å². The number of halogens is 3.